The van der Waals surface area contributed by atoms with Crippen molar-refractivity contribution in [2.75, 3.05) is 33.5 Å². The number of amides is 3. The van der Waals surface area contributed by atoms with Gasteiger partial charge in [0.15, 0.2) is 53.0 Å². The van der Waals surface area contributed by atoms with Crippen LogP contribution in [0.5, 0.6) is 0 Å². The molecule has 4 saturated heterocycles. The van der Waals surface area contributed by atoms with Gasteiger partial charge in [0.25, 0.3) is 5.79 Å². The molecule has 6 aromatic carbocycles. The first-order chi connectivity index (χ1) is 63.7. The van der Waals surface area contributed by atoms with Crippen LogP contribution in [-0.4, -0.2) is 272 Å². The van der Waals surface area contributed by atoms with E-state index in [0.29, 0.717) is 0 Å². The van der Waals surface area contributed by atoms with Crippen LogP contribution in [0.4, 0.5) is 0 Å². The van der Waals surface area contributed by atoms with Crippen molar-refractivity contribution >= 4 is 136 Å². The average Bonchev–Trinajstić information content (AvgIpc) is 0.733. The van der Waals surface area contributed by atoms with Gasteiger partial charge in [-0.2, -0.15) is 0 Å². The van der Waals surface area contributed by atoms with Crippen molar-refractivity contribution in [2.45, 2.75) is 207 Å². The molecule has 1 N–H and O–H groups in total. The van der Waals surface area contributed by atoms with Gasteiger partial charge in [-0.3, -0.25) is 52.8 Å². The lowest BCUT2D eigenvalue weighted by Gasteiger charge is -2.54. The van der Waals surface area contributed by atoms with Gasteiger partial charge in [0.05, 0.1) is 59.4 Å². The number of alkyl halides is 3. The number of halogens is 3. The lowest BCUT2D eigenvalue weighted by atomic mass is 9.87. The Morgan fingerprint density at radius 1 is 0.403 bits per heavy atom. The van der Waals surface area contributed by atoms with Crippen molar-refractivity contribution in [3.8, 4) is 0 Å². The number of hydrogen-bond acceptors (Lipinski definition) is 38. The van der Waals surface area contributed by atoms with Gasteiger partial charge in [-0.1, -0.05) is 144 Å². The van der Waals surface area contributed by atoms with E-state index in [0.717, 1.165) is 69.4 Å². The zero-order valence-corrected chi connectivity index (χ0v) is 75.5. The molecule has 4 fully saturated rings. The van der Waals surface area contributed by atoms with Crippen molar-refractivity contribution in [1.29, 1.82) is 0 Å². The fraction of sp³-hybridized carbons (Fsp3) is 0.418. The van der Waals surface area contributed by atoms with E-state index >= 15 is 24.0 Å². The number of nitrogens with one attached hydrogen (secondary N) is 1. The van der Waals surface area contributed by atoms with Crippen LogP contribution < -0.4 is 5.32 Å². The van der Waals surface area contributed by atoms with E-state index in [2.05, 4.69) is 5.32 Å². The fourth-order valence-corrected chi connectivity index (χ4v) is 15.2. The first kappa shape index (κ1) is 103. The highest BCUT2D eigenvalue weighted by atomic mass is 35.6. The second kappa shape index (κ2) is 47.6. The minimum Gasteiger partial charge on any atom is -0.465 e. The Kier molecular flexibility index (Phi) is 36.7. The topological polar surface area (TPSA) is 499 Å². The van der Waals surface area contributed by atoms with Gasteiger partial charge in [-0.25, -0.2) is 33.6 Å². The van der Waals surface area contributed by atoms with Crippen molar-refractivity contribution in [3.63, 3.8) is 0 Å². The smallest absolute Gasteiger partial charge is 0.366 e. The molecule has 0 aliphatic carbocycles. The molecular weight excluding hydrogens is 1840 g/mol. The number of rotatable bonds is 35. The van der Waals surface area contributed by atoms with Crippen LogP contribution in [0.3, 0.4) is 0 Å². The second-order valence-electron chi connectivity index (χ2n) is 30.3. The highest BCUT2D eigenvalue weighted by Crippen LogP contribution is 2.46. The molecule has 6 aromatic rings. The summed E-state index contributed by atoms with van der Waals surface area (Å²) < 4.78 is 130. The molecule has 134 heavy (non-hydrogen) atoms. The van der Waals surface area contributed by atoms with Crippen LogP contribution in [0.2, 0.25) is 0 Å². The summed E-state index contributed by atoms with van der Waals surface area (Å²) in [6, 6.07) is 37.1. The normalized spacial score (nSPS) is 25.2. The quantitative estimate of drug-likeness (QED) is 0.0237. The highest BCUT2D eigenvalue weighted by molar-refractivity contribution is 6.68. The van der Waals surface area contributed by atoms with Gasteiger partial charge in [-0.05, 0) is 72.8 Å². The first-order valence-electron chi connectivity index (χ1n) is 41.2. The molecule has 0 bridgehead atoms. The third kappa shape index (κ3) is 28.1. The molecule has 40 nitrogen and oxygen atoms in total. The molecule has 4 heterocycles. The molecule has 43 heteroatoms. The lowest BCUT2D eigenvalue weighted by Crippen LogP contribution is -2.73. The van der Waals surface area contributed by atoms with Gasteiger partial charge in [0, 0.05) is 62.3 Å². The van der Waals surface area contributed by atoms with Crippen molar-refractivity contribution < 1.29 is 181 Å². The van der Waals surface area contributed by atoms with Gasteiger partial charge in [0.1, 0.15) is 81.3 Å². The Bertz CT molecular complexity index is 5180. The number of benzene rings is 6. The van der Waals surface area contributed by atoms with E-state index in [9.17, 15) is 57.5 Å². The number of methoxy groups -OCH3 is 1. The molecule has 0 saturated carbocycles. The predicted octanol–water partition coefficient (Wildman–Crippen LogP) is 7.02. The van der Waals surface area contributed by atoms with Gasteiger partial charge in [0.2, 0.25) is 30.1 Å². The van der Waals surface area contributed by atoms with Crippen LogP contribution in [0.15, 0.2) is 182 Å². The largest absolute Gasteiger partial charge is 0.465 e. The summed E-state index contributed by atoms with van der Waals surface area (Å²) in [5, 5.41) is 2.53. The SMILES string of the molecule is COC(=O)[C@@]1(O[C@H]2[C@@H](O[C@@H]3O[C@H](COC(C)=O)[C@H](OC(C)=O)[C@H](OC(C)=O)[C@H]3N(C(C)=O)C(=O)CC(Cl)(Cl)Cl)[C@@H](COC(=O)c3ccccc3)O[C@@H](O[C@H]3[C@H](OC(=O)c4ccccc4)[C@@H](OC(=O)c4ccccc4)[C@H](OC(=O)c4ccccc4)O[C@@H]3COC(=O)c3ccccc3)[C@@H]2OC(=O)c2ccccc2)C[C@H](OC(C)=O)[C@@H](NC(C)=O)[C@H]([C@@H](OC(C)=O)[C@@H](COC(C)=O)OC(C)=O)O1. The molecule has 3 amide bonds. The predicted molar refractivity (Wildman–Crippen MR) is 452 cm³/mol. The van der Waals surface area contributed by atoms with Crippen molar-refractivity contribution in [3.05, 3.63) is 215 Å². The average molecular weight is 1930 g/mol. The van der Waals surface area contributed by atoms with Gasteiger partial charge < -0.3 is 105 Å². The summed E-state index contributed by atoms with van der Waals surface area (Å²) >= 11 is 19.0. The third-order valence-corrected chi connectivity index (χ3v) is 20.7. The van der Waals surface area contributed by atoms with E-state index < -0.39 is 278 Å². The molecule has 21 atom stereocenters. The Labute approximate surface area is 779 Å². The number of nitrogens with zero attached hydrogens (tertiary/aromatic N) is 1. The standard InChI is InChI=1S/C91H93Cl3N2O38/c1-47(97)95-68-62(119-51(5)101)41-90(89(113)114-10,133-74(68)70(121-53(7)103)63(120-52(6)102)43-115-49(3)99)134-77-73(130-86-69(96(48(2)98)67(106)42-91(92,93)94)75(123-55(9)105)71(122-54(8)104)64(124-86)44-116-50(4)100)66(46-118-81(108)57-31-19-12-20-32-57)125-87(79(77)129-84(111)60-37-25-15-26-38-60)131-72-65(45-117-80(107)56-29-17-11-18-30-56)126-88(132-85(112)61-39-27-16-28-40-61)78(128-83(110)59-35-23-14-24-36-59)76(72)127-82(109)58-33-21-13-22-34-58/h11-40,62-66,68-79,86-88H,41-46H2,1-10H3,(H,95,97)/t62-,63+,64+,65+,66+,68+,69+,70-,71-,72+,73-,74+,75+,76-,77-,78+,79+,86-,87-,88-,90-/m0/s1. The van der Waals surface area contributed by atoms with Crippen LogP contribution in [0.25, 0.3) is 0 Å². The Morgan fingerprint density at radius 3 is 1.19 bits per heavy atom. The van der Waals surface area contributed by atoms with Crippen LogP contribution in [0.1, 0.15) is 137 Å². The molecule has 0 spiro atoms. The number of carbonyl (C=O) groups is 17. The molecular formula is C91H93Cl3N2O38. The summed E-state index contributed by atoms with van der Waals surface area (Å²) in [7, 11) is 0.722. The van der Waals surface area contributed by atoms with Crippen LogP contribution in [-0.2, 0) is 152 Å². The molecule has 716 valence electrons. The molecule has 0 aromatic heterocycles. The summed E-state index contributed by atoms with van der Waals surface area (Å²) in [6.45, 7) is 3.10. The van der Waals surface area contributed by atoms with E-state index in [-0.39, 0.29) is 32.7 Å². The number of carbonyl (C=O) groups excluding carboxylic acids is 17. The Hall–Kier alpha value is -12.9. The molecule has 4 aliphatic heterocycles. The van der Waals surface area contributed by atoms with Crippen molar-refractivity contribution in [2.24, 2.45) is 0 Å². The zero-order valence-electron chi connectivity index (χ0n) is 73.2. The summed E-state index contributed by atoms with van der Waals surface area (Å²) in [4.78, 5) is 246. The number of esters is 14. The minimum atomic E-state index is -3.66. The fourth-order valence-electron chi connectivity index (χ4n) is 14.9. The van der Waals surface area contributed by atoms with Crippen LogP contribution in [0, 0.1) is 0 Å². The monoisotopic (exact) mass is 1930 g/mol. The Balaban J connectivity index is 1.35. The zero-order chi connectivity index (χ0) is 97.4. The number of ether oxygens (including phenoxy) is 21. The molecule has 10 rings (SSSR count). The molecule has 0 unspecified atom stereocenters. The number of hydrogen-bond donors (Lipinski definition) is 1. The van der Waals surface area contributed by atoms with Gasteiger partial charge >= 0.3 is 83.6 Å². The number of imide groups is 1. The lowest BCUT2D eigenvalue weighted by molar-refractivity contribution is -0.400. The Morgan fingerprint density at radius 2 is 0.784 bits per heavy atom. The summed E-state index contributed by atoms with van der Waals surface area (Å²) in [6.07, 6.45) is -46.6. The van der Waals surface area contributed by atoms with E-state index in [4.69, 9.17) is 134 Å². The second-order valence-corrected chi connectivity index (χ2v) is 32.8. The maximum atomic E-state index is 16.3. The highest BCUT2D eigenvalue weighted by Gasteiger charge is 2.66. The maximum Gasteiger partial charge on any atom is 0.366 e. The third-order valence-electron chi connectivity index (χ3n) is 20.3. The summed E-state index contributed by atoms with van der Waals surface area (Å²) in [5.41, 5.74) is -1.38. The van der Waals surface area contributed by atoms with Gasteiger partial charge in [-0.15, -0.1) is 0 Å². The summed E-state index contributed by atoms with van der Waals surface area (Å²) in [5.74, 6) is -25.3. The van der Waals surface area contributed by atoms with Crippen molar-refractivity contribution in [1.82, 2.24) is 10.2 Å². The molecule has 4 aliphatic rings. The minimum absolute atomic E-state index is 0.113. The molecule has 0 radical (unpaired) electrons. The first-order valence-corrected chi connectivity index (χ1v) is 42.3. The maximum absolute atomic E-state index is 16.3. The van der Waals surface area contributed by atoms with E-state index in [1.54, 1.807) is 12.1 Å². The van der Waals surface area contributed by atoms with E-state index in [1.165, 1.54) is 170 Å². The van der Waals surface area contributed by atoms with E-state index in [1.807, 2.05) is 0 Å². The van der Waals surface area contributed by atoms with Crippen LogP contribution >= 0.6 is 34.8 Å².